The molecule has 1 heterocycles. The minimum absolute atomic E-state index is 0.556. The van der Waals surface area contributed by atoms with Gasteiger partial charge in [0.15, 0.2) is 0 Å². The van der Waals surface area contributed by atoms with Crippen LogP contribution in [0.2, 0.25) is 0 Å². The fourth-order valence-electron chi connectivity index (χ4n) is 3.16. The molecule has 0 bridgehead atoms. The van der Waals surface area contributed by atoms with Crippen LogP contribution in [0.5, 0.6) is 0 Å². The van der Waals surface area contributed by atoms with Crippen LogP contribution in [0.4, 0.5) is 0 Å². The van der Waals surface area contributed by atoms with Crippen LogP contribution in [0.25, 0.3) is 0 Å². The number of hydrogen-bond donors (Lipinski definition) is 0. The maximum absolute atomic E-state index is 11.5. The summed E-state index contributed by atoms with van der Waals surface area (Å²) in [5, 5.41) is 0. The lowest BCUT2D eigenvalue weighted by molar-refractivity contribution is 0.211. The minimum atomic E-state index is -0.556. The predicted molar refractivity (Wildman–Crippen MR) is 87.6 cm³/mol. The highest BCUT2D eigenvalue weighted by molar-refractivity contribution is 7.85. The first-order valence-corrected chi connectivity index (χ1v) is 9.29. The topological polar surface area (TPSA) is 20.3 Å². The molecule has 0 aromatic heterocycles. The minimum Gasteiger partial charge on any atom is -0.303 e. The molecule has 2 rings (SSSR count). The fourth-order valence-corrected chi connectivity index (χ4v) is 4.43. The molecule has 1 aromatic rings. The van der Waals surface area contributed by atoms with Crippen molar-refractivity contribution >= 4 is 10.8 Å². The normalized spacial score (nSPS) is 24.8. The lowest BCUT2D eigenvalue weighted by atomic mass is 9.93. The average Bonchev–Trinajstić information content (AvgIpc) is 2.48. The van der Waals surface area contributed by atoms with Gasteiger partial charge in [-0.2, -0.15) is 0 Å². The fraction of sp³-hybridized carbons (Fsp3) is 0.647. The molecule has 1 aliphatic heterocycles. The first-order valence-electron chi connectivity index (χ1n) is 7.81. The van der Waals surface area contributed by atoms with E-state index in [2.05, 4.69) is 49.2 Å². The van der Waals surface area contributed by atoms with Crippen molar-refractivity contribution in [2.45, 2.75) is 44.6 Å². The second-order valence-electron chi connectivity index (χ2n) is 5.92. The molecular formula is C17H27NOS. The number of nitrogens with zero attached hydrogens (tertiary/aromatic N) is 1. The Hall–Kier alpha value is -0.670. The zero-order valence-corrected chi connectivity index (χ0v) is 13.6. The molecule has 0 saturated carbocycles. The molecule has 2 nitrogen and oxygen atoms in total. The van der Waals surface area contributed by atoms with Gasteiger partial charge in [0.05, 0.1) is 0 Å². The largest absolute Gasteiger partial charge is 0.303 e. The standard InChI is InChI=1S/C17H27NOS/c1-3-7-16(15-8-5-4-6-9-15)14-18(2)17-10-12-20(19)13-11-17/h4-6,8-9,16-17H,3,7,10-14H2,1-2H3/t16-,17?,20?/m0/s1. The number of likely N-dealkylation sites (N-methyl/N-ethyl adjacent to an activating group) is 1. The van der Waals surface area contributed by atoms with E-state index in [1.807, 2.05) is 0 Å². The Labute approximate surface area is 126 Å². The van der Waals surface area contributed by atoms with Crippen LogP contribution >= 0.6 is 0 Å². The number of rotatable bonds is 6. The Bertz CT molecular complexity index is 410. The highest BCUT2D eigenvalue weighted by Crippen LogP contribution is 2.24. The van der Waals surface area contributed by atoms with Crippen LogP contribution in [0.3, 0.4) is 0 Å². The van der Waals surface area contributed by atoms with Gasteiger partial charge in [0.1, 0.15) is 0 Å². The maximum Gasteiger partial charge on any atom is 0.0249 e. The summed E-state index contributed by atoms with van der Waals surface area (Å²) in [6.07, 6.45) is 4.66. The molecule has 1 atom stereocenters. The molecule has 1 fully saturated rings. The van der Waals surface area contributed by atoms with Gasteiger partial charge in [-0.05, 0) is 37.8 Å². The van der Waals surface area contributed by atoms with Crippen LogP contribution in [-0.2, 0) is 10.8 Å². The van der Waals surface area contributed by atoms with E-state index in [0.29, 0.717) is 12.0 Å². The van der Waals surface area contributed by atoms with E-state index < -0.39 is 10.8 Å². The van der Waals surface area contributed by atoms with E-state index >= 15 is 0 Å². The van der Waals surface area contributed by atoms with Crippen LogP contribution < -0.4 is 0 Å². The first kappa shape index (κ1) is 15.7. The Kier molecular flexibility index (Phi) is 6.24. The Balaban J connectivity index is 1.95. The van der Waals surface area contributed by atoms with Gasteiger partial charge in [0.25, 0.3) is 0 Å². The van der Waals surface area contributed by atoms with Crippen LogP contribution in [0.15, 0.2) is 30.3 Å². The summed E-state index contributed by atoms with van der Waals surface area (Å²) in [6.45, 7) is 3.38. The van der Waals surface area contributed by atoms with Gasteiger partial charge in [0.2, 0.25) is 0 Å². The molecule has 0 N–H and O–H groups in total. The Morgan fingerprint density at radius 1 is 1.25 bits per heavy atom. The maximum atomic E-state index is 11.5. The summed E-state index contributed by atoms with van der Waals surface area (Å²) < 4.78 is 11.5. The van der Waals surface area contributed by atoms with Gasteiger partial charge < -0.3 is 4.90 Å². The van der Waals surface area contributed by atoms with E-state index in [1.165, 1.54) is 18.4 Å². The van der Waals surface area contributed by atoms with E-state index in [4.69, 9.17) is 0 Å². The Morgan fingerprint density at radius 2 is 1.90 bits per heavy atom. The summed E-state index contributed by atoms with van der Waals surface area (Å²) in [5.41, 5.74) is 1.46. The molecular weight excluding hydrogens is 266 g/mol. The molecule has 20 heavy (non-hydrogen) atoms. The van der Waals surface area contributed by atoms with Crippen molar-refractivity contribution in [3.8, 4) is 0 Å². The molecule has 1 aliphatic rings. The lowest BCUT2D eigenvalue weighted by Gasteiger charge is -2.33. The summed E-state index contributed by atoms with van der Waals surface area (Å²) in [5.74, 6) is 2.40. The smallest absolute Gasteiger partial charge is 0.0249 e. The second-order valence-corrected chi connectivity index (χ2v) is 7.61. The third-order valence-corrected chi connectivity index (χ3v) is 5.78. The molecule has 0 aliphatic carbocycles. The molecule has 1 aromatic carbocycles. The quantitative estimate of drug-likeness (QED) is 0.801. The lowest BCUT2D eigenvalue weighted by Crippen LogP contribution is -2.39. The molecule has 0 unspecified atom stereocenters. The van der Waals surface area contributed by atoms with Crippen molar-refractivity contribution in [1.82, 2.24) is 4.90 Å². The second kappa shape index (κ2) is 7.94. The molecule has 1 saturated heterocycles. The third-order valence-electron chi connectivity index (χ3n) is 4.40. The van der Waals surface area contributed by atoms with Crippen molar-refractivity contribution < 1.29 is 4.21 Å². The molecule has 0 radical (unpaired) electrons. The van der Waals surface area contributed by atoms with E-state index in [9.17, 15) is 4.21 Å². The summed E-state index contributed by atoms with van der Waals surface area (Å²) in [7, 11) is 1.68. The Morgan fingerprint density at radius 3 is 2.50 bits per heavy atom. The zero-order valence-electron chi connectivity index (χ0n) is 12.8. The van der Waals surface area contributed by atoms with Crippen molar-refractivity contribution in [3.63, 3.8) is 0 Å². The van der Waals surface area contributed by atoms with Crippen molar-refractivity contribution in [2.75, 3.05) is 25.1 Å². The first-order chi connectivity index (χ1) is 9.70. The third kappa shape index (κ3) is 4.42. The van der Waals surface area contributed by atoms with Crippen LogP contribution in [-0.4, -0.2) is 40.2 Å². The van der Waals surface area contributed by atoms with Crippen molar-refractivity contribution in [1.29, 1.82) is 0 Å². The van der Waals surface area contributed by atoms with Gasteiger partial charge in [-0.1, -0.05) is 43.7 Å². The summed E-state index contributed by atoms with van der Waals surface area (Å²) in [4.78, 5) is 2.50. The van der Waals surface area contributed by atoms with Crippen molar-refractivity contribution in [3.05, 3.63) is 35.9 Å². The SMILES string of the molecule is CCC[C@@H](CN(C)C1CCS(=O)CC1)c1ccccc1. The van der Waals surface area contributed by atoms with E-state index in [-0.39, 0.29) is 0 Å². The highest BCUT2D eigenvalue weighted by atomic mass is 32.2. The summed E-state index contributed by atoms with van der Waals surface area (Å²) in [6, 6.07) is 11.5. The molecule has 0 spiro atoms. The highest BCUT2D eigenvalue weighted by Gasteiger charge is 2.23. The number of hydrogen-bond acceptors (Lipinski definition) is 2. The van der Waals surface area contributed by atoms with E-state index in [1.54, 1.807) is 0 Å². The monoisotopic (exact) mass is 293 g/mol. The van der Waals surface area contributed by atoms with Crippen LogP contribution in [0, 0.1) is 0 Å². The zero-order chi connectivity index (χ0) is 14.4. The molecule has 0 amide bonds. The van der Waals surface area contributed by atoms with Gasteiger partial charge in [-0.15, -0.1) is 0 Å². The summed E-state index contributed by atoms with van der Waals surface area (Å²) >= 11 is 0. The predicted octanol–water partition coefficient (Wildman–Crippen LogP) is 3.41. The van der Waals surface area contributed by atoms with Crippen LogP contribution in [0.1, 0.15) is 44.1 Å². The van der Waals surface area contributed by atoms with Gasteiger partial charge in [0, 0.05) is 34.9 Å². The van der Waals surface area contributed by atoms with E-state index in [0.717, 1.165) is 30.9 Å². The number of benzene rings is 1. The van der Waals surface area contributed by atoms with Gasteiger partial charge in [-0.25, -0.2) is 0 Å². The van der Waals surface area contributed by atoms with Crippen molar-refractivity contribution in [2.24, 2.45) is 0 Å². The van der Waals surface area contributed by atoms with Gasteiger partial charge in [-0.3, -0.25) is 4.21 Å². The molecule has 3 heteroatoms. The van der Waals surface area contributed by atoms with Gasteiger partial charge >= 0.3 is 0 Å². The molecule has 112 valence electrons. The average molecular weight is 293 g/mol.